The number of aryl methyl sites for hydroxylation is 1. The molecule has 1 N–H and O–H groups in total. The van der Waals surface area contributed by atoms with Gasteiger partial charge in [0.15, 0.2) is 0 Å². The minimum Gasteiger partial charge on any atom is -0.313 e. The molecule has 0 aliphatic carbocycles. The molecule has 0 atom stereocenters. The summed E-state index contributed by atoms with van der Waals surface area (Å²) in [6.45, 7) is 6.07. The number of benzene rings is 2. The fraction of sp³-hybridized carbons (Fsp3) is 0.294. The van der Waals surface area contributed by atoms with Crippen LogP contribution in [0.25, 0.3) is 11.1 Å². The summed E-state index contributed by atoms with van der Waals surface area (Å²) < 4.78 is 13.8. The van der Waals surface area contributed by atoms with Crippen molar-refractivity contribution >= 4 is 0 Å². The zero-order chi connectivity index (χ0) is 13.7. The Hall–Kier alpha value is -1.67. The van der Waals surface area contributed by atoms with Gasteiger partial charge in [0.1, 0.15) is 5.82 Å². The molecule has 2 heteroatoms. The number of hydrogen-bond acceptors (Lipinski definition) is 1. The monoisotopic (exact) mass is 257 g/mol. The lowest BCUT2D eigenvalue weighted by Crippen LogP contribution is -2.13. The molecule has 0 heterocycles. The Labute approximate surface area is 114 Å². The Kier molecular flexibility index (Phi) is 4.69. The lowest BCUT2D eigenvalue weighted by atomic mass is 9.98. The third kappa shape index (κ3) is 3.42. The molecule has 2 rings (SSSR count). The maximum absolute atomic E-state index is 13.8. The highest BCUT2D eigenvalue weighted by Crippen LogP contribution is 2.26. The zero-order valence-corrected chi connectivity index (χ0v) is 11.5. The quantitative estimate of drug-likeness (QED) is 0.787. The number of nitrogens with one attached hydrogen (secondary N) is 1. The first kappa shape index (κ1) is 13.8. The fourth-order valence-electron chi connectivity index (χ4n) is 2.23. The fourth-order valence-corrected chi connectivity index (χ4v) is 2.23. The average Bonchev–Trinajstić information content (AvgIpc) is 2.40. The lowest BCUT2D eigenvalue weighted by Gasteiger charge is -2.10. The third-order valence-electron chi connectivity index (χ3n) is 3.21. The van der Waals surface area contributed by atoms with Crippen molar-refractivity contribution in [3.63, 3.8) is 0 Å². The van der Waals surface area contributed by atoms with Gasteiger partial charge < -0.3 is 5.32 Å². The van der Waals surface area contributed by atoms with E-state index in [0.29, 0.717) is 5.56 Å². The average molecular weight is 257 g/mol. The molecule has 0 aromatic heterocycles. The highest BCUT2D eigenvalue weighted by Gasteiger charge is 2.07. The molecule has 1 nitrogen and oxygen atoms in total. The molecule has 2 aromatic carbocycles. The van der Waals surface area contributed by atoms with Crippen LogP contribution >= 0.6 is 0 Å². The summed E-state index contributed by atoms with van der Waals surface area (Å²) in [6, 6.07) is 13.1. The molecule has 0 spiro atoms. The van der Waals surface area contributed by atoms with E-state index in [9.17, 15) is 4.39 Å². The number of rotatable bonds is 5. The summed E-state index contributed by atoms with van der Waals surface area (Å²) >= 11 is 0. The predicted molar refractivity (Wildman–Crippen MR) is 78.6 cm³/mol. The molecule has 100 valence electrons. The van der Waals surface area contributed by atoms with E-state index < -0.39 is 0 Å². The zero-order valence-electron chi connectivity index (χ0n) is 11.5. The van der Waals surface area contributed by atoms with Gasteiger partial charge in [-0.05, 0) is 42.6 Å². The molecule has 0 radical (unpaired) electrons. The summed E-state index contributed by atoms with van der Waals surface area (Å²) in [7, 11) is 0. The van der Waals surface area contributed by atoms with Crippen LogP contribution in [0.15, 0.2) is 42.5 Å². The molecule has 19 heavy (non-hydrogen) atoms. The van der Waals surface area contributed by atoms with Crippen molar-refractivity contribution in [1.29, 1.82) is 0 Å². The van der Waals surface area contributed by atoms with Crippen molar-refractivity contribution in [2.45, 2.75) is 26.8 Å². The second kappa shape index (κ2) is 6.48. The molecule has 0 fully saturated rings. The van der Waals surface area contributed by atoms with Gasteiger partial charge in [-0.15, -0.1) is 0 Å². The van der Waals surface area contributed by atoms with E-state index in [1.54, 1.807) is 6.07 Å². The summed E-state index contributed by atoms with van der Waals surface area (Å²) in [4.78, 5) is 0. The van der Waals surface area contributed by atoms with E-state index in [-0.39, 0.29) is 5.82 Å². The topological polar surface area (TPSA) is 12.0 Å². The largest absolute Gasteiger partial charge is 0.313 e. The highest BCUT2D eigenvalue weighted by molar-refractivity contribution is 5.68. The Morgan fingerprint density at radius 2 is 1.84 bits per heavy atom. The molecular weight excluding hydrogens is 237 g/mol. The molecule has 0 bridgehead atoms. The predicted octanol–water partition coefficient (Wildman–Crippen LogP) is 4.30. The smallest absolute Gasteiger partial charge is 0.131 e. The van der Waals surface area contributed by atoms with Crippen LogP contribution in [0.1, 0.15) is 24.5 Å². The van der Waals surface area contributed by atoms with Crippen LogP contribution < -0.4 is 5.32 Å². The summed E-state index contributed by atoms with van der Waals surface area (Å²) in [5, 5.41) is 3.38. The van der Waals surface area contributed by atoms with Crippen LogP contribution in [-0.2, 0) is 6.54 Å². The van der Waals surface area contributed by atoms with Gasteiger partial charge in [-0.3, -0.25) is 0 Å². The van der Waals surface area contributed by atoms with E-state index in [4.69, 9.17) is 0 Å². The van der Waals surface area contributed by atoms with Gasteiger partial charge in [-0.25, -0.2) is 4.39 Å². The van der Waals surface area contributed by atoms with Crippen LogP contribution in [0.4, 0.5) is 4.39 Å². The Balaban J connectivity index is 2.22. The van der Waals surface area contributed by atoms with Gasteiger partial charge in [-0.2, -0.15) is 0 Å². The van der Waals surface area contributed by atoms with Crippen LogP contribution in [0.3, 0.4) is 0 Å². The third-order valence-corrected chi connectivity index (χ3v) is 3.21. The lowest BCUT2D eigenvalue weighted by molar-refractivity contribution is 0.631. The first-order valence-electron chi connectivity index (χ1n) is 6.77. The van der Waals surface area contributed by atoms with Crippen molar-refractivity contribution in [3.8, 4) is 11.1 Å². The van der Waals surface area contributed by atoms with Crippen LogP contribution in [0, 0.1) is 12.7 Å². The van der Waals surface area contributed by atoms with Crippen molar-refractivity contribution in [2.24, 2.45) is 0 Å². The van der Waals surface area contributed by atoms with Crippen molar-refractivity contribution in [1.82, 2.24) is 5.32 Å². The van der Waals surface area contributed by atoms with Crippen LogP contribution in [0.5, 0.6) is 0 Å². The SMILES string of the molecule is CCCNCc1ccc(-c2ccccc2F)c(C)c1. The Bertz CT molecular complexity index is 549. The van der Waals surface area contributed by atoms with Crippen molar-refractivity contribution in [2.75, 3.05) is 6.54 Å². The number of hydrogen-bond donors (Lipinski definition) is 1. The van der Waals surface area contributed by atoms with Crippen LogP contribution in [0.2, 0.25) is 0 Å². The second-order valence-electron chi connectivity index (χ2n) is 4.81. The normalized spacial score (nSPS) is 10.7. The van der Waals surface area contributed by atoms with Gasteiger partial charge in [-0.1, -0.05) is 43.3 Å². The van der Waals surface area contributed by atoms with E-state index >= 15 is 0 Å². The Morgan fingerprint density at radius 1 is 1.05 bits per heavy atom. The maximum Gasteiger partial charge on any atom is 0.131 e. The van der Waals surface area contributed by atoms with E-state index in [1.807, 2.05) is 25.1 Å². The minimum atomic E-state index is -0.164. The molecular formula is C17H20FN. The molecule has 0 unspecified atom stereocenters. The van der Waals surface area contributed by atoms with Gasteiger partial charge in [0, 0.05) is 12.1 Å². The molecule has 0 aliphatic rings. The summed E-state index contributed by atoms with van der Waals surface area (Å²) in [6.07, 6.45) is 1.13. The maximum atomic E-state index is 13.8. The molecule has 2 aromatic rings. The van der Waals surface area contributed by atoms with Gasteiger partial charge in [0.2, 0.25) is 0 Å². The van der Waals surface area contributed by atoms with Gasteiger partial charge in [0.25, 0.3) is 0 Å². The van der Waals surface area contributed by atoms with E-state index in [1.165, 1.54) is 11.6 Å². The molecule has 0 saturated heterocycles. The molecule has 0 saturated carbocycles. The number of halogens is 1. The first-order valence-corrected chi connectivity index (χ1v) is 6.77. The van der Waals surface area contributed by atoms with Gasteiger partial charge in [0.05, 0.1) is 0 Å². The van der Waals surface area contributed by atoms with E-state index in [2.05, 4.69) is 24.4 Å². The minimum absolute atomic E-state index is 0.164. The Morgan fingerprint density at radius 3 is 2.53 bits per heavy atom. The molecule has 0 aliphatic heterocycles. The van der Waals surface area contributed by atoms with Gasteiger partial charge >= 0.3 is 0 Å². The van der Waals surface area contributed by atoms with Crippen LogP contribution in [-0.4, -0.2) is 6.54 Å². The second-order valence-corrected chi connectivity index (χ2v) is 4.81. The standard InChI is InChI=1S/C17H20FN/c1-3-10-19-12-14-8-9-15(13(2)11-14)16-6-4-5-7-17(16)18/h4-9,11,19H,3,10,12H2,1-2H3. The molecule has 0 amide bonds. The van der Waals surface area contributed by atoms with E-state index in [0.717, 1.165) is 30.6 Å². The first-order chi connectivity index (χ1) is 9.22. The summed E-state index contributed by atoms with van der Waals surface area (Å²) in [5.41, 5.74) is 4.00. The van der Waals surface area contributed by atoms with Crippen molar-refractivity contribution in [3.05, 3.63) is 59.4 Å². The van der Waals surface area contributed by atoms with Crippen molar-refractivity contribution < 1.29 is 4.39 Å². The summed E-state index contributed by atoms with van der Waals surface area (Å²) in [5.74, 6) is -0.164. The highest BCUT2D eigenvalue weighted by atomic mass is 19.1.